The number of nitrogens with zero attached hydrogens (tertiary/aromatic N) is 3. The normalized spacial score (nSPS) is 22.2. The Bertz CT molecular complexity index is 768. The number of allylic oxidation sites excluding steroid dienone is 2. The van der Waals surface area contributed by atoms with E-state index in [9.17, 15) is 5.26 Å². The molecule has 0 aliphatic carbocycles. The van der Waals surface area contributed by atoms with Gasteiger partial charge >= 0.3 is 0 Å². The van der Waals surface area contributed by atoms with E-state index in [2.05, 4.69) is 27.8 Å². The maximum absolute atomic E-state index is 9.72. The summed E-state index contributed by atoms with van der Waals surface area (Å²) in [5.41, 5.74) is 0.820. The monoisotopic (exact) mass is 341 g/mol. The molecule has 1 fully saturated rings. The minimum absolute atomic E-state index is 0.313. The fourth-order valence-electron chi connectivity index (χ4n) is 2.89. The number of halogens is 1. The second-order valence-corrected chi connectivity index (χ2v) is 6.14. The smallest absolute Gasteiger partial charge is 0.129 e. The van der Waals surface area contributed by atoms with E-state index in [1.807, 2.05) is 6.08 Å². The predicted molar refractivity (Wildman–Crippen MR) is 89.6 cm³/mol. The second-order valence-electron chi connectivity index (χ2n) is 5.73. The van der Waals surface area contributed by atoms with Gasteiger partial charge in [0.05, 0.1) is 23.1 Å². The van der Waals surface area contributed by atoms with E-state index in [-0.39, 0.29) is 6.17 Å². The van der Waals surface area contributed by atoms with Crippen LogP contribution in [0.2, 0.25) is 0 Å². The van der Waals surface area contributed by atoms with Crippen LogP contribution in [0.3, 0.4) is 0 Å². The lowest BCUT2D eigenvalue weighted by Gasteiger charge is -2.35. The number of aromatic nitrogens is 1. The molecule has 0 saturated carbocycles. The van der Waals surface area contributed by atoms with Crippen molar-refractivity contribution in [2.24, 2.45) is 5.41 Å². The Morgan fingerprint density at radius 2 is 2.17 bits per heavy atom. The fourth-order valence-corrected chi connectivity index (χ4v) is 3.13. The summed E-state index contributed by atoms with van der Waals surface area (Å²) in [7, 11) is 0. The van der Waals surface area contributed by atoms with Gasteiger partial charge in [-0.2, -0.15) is 10.5 Å². The number of dihydropyridines is 1. The third kappa shape index (κ3) is 3.35. The lowest BCUT2D eigenvalue weighted by Crippen LogP contribution is -2.39. The third-order valence-electron chi connectivity index (χ3n) is 4.23. The maximum atomic E-state index is 9.72. The van der Waals surface area contributed by atoms with Crippen molar-refractivity contribution in [1.82, 2.24) is 10.3 Å². The minimum Gasteiger partial charge on any atom is -0.381 e. The molecule has 3 heterocycles. The fraction of sp³-hybridized carbons (Fsp3) is 0.353. The number of pyridine rings is 1. The Balaban J connectivity index is 1.85. The van der Waals surface area contributed by atoms with Gasteiger partial charge in [-0.15, -0.1) is 0 Å². The maximum Gasteiger partial charge on any atom is 0.129 e. The number of hydrogen-bond donors (Lipinski definition) is 2. The zero-order chi connectivity index (χ0) is 17.0. The molecule has 1 atom stereocenters. The number of nitrogens with one attached hydrogen (secondary N) is 2. The Labute approximate surface area is 145 Å². The van der Waals surface area contributed by atoms with E-state index < -0.39 is 5.41 Å². The van der Waals surface area contributed by atoms with Crippen LogP contribution in [-0.4, -0.2) is 24.4 Å². The van der Waals surface area contributed by atoms with E-state index >= 15 is 0 Å². The Hall–Kier alpha value is -2.54. The number of ether oxygens (including phenoxy) is 1. The molecular formula is C17H16ClN5O. The largest absolute Gasteiger partial charge is 0.381 e. The summed E-state index contributed by atoms with van der Waals surface area (Å²) in [6.07, 6.45) is 6.29. The molecule has 1 saturated heterocycles. The highest BCUT2D eigenvalue weighted by Gasteiger charge is 2.37. The second kappa shape index (κ2) is 6.92. The van der Waals surface area contributed by atoms with Crippen molar-refractivity contribution in [3.63, 3.8) is 0 Å². The molecule has 1 aromatic rings. The molecule has 24 heavy (non-hydrogen) atoms. The van der Waals surface area contributed by atoms with Crippen molar-refractivity contribution in [2.45, 2.75) is 19.0 Å². The molecular weight excluding hydrogens is 326 g/mol. The summed E-state index contributed by atoms with van der Waals surface area (Å²) >= 11 is 6.22. The van der Waals surface area contributed by atoms with Crippen LogP contribution in [0.1, 0.15) is 18.4 Å². The molecule has 7 heteroatoms. The molecule has 122 valence electrons. The summed E-state index contributed by atoms with van der Waals surface area (Å²) in [6.45, 7) is 1.13. The van der Waals surface area contributed by atoms with Gasteiger partial charge in [0.15, 0.2) is 0 Å². The van der Waals surface area contributed by atoms with Crippen LogP contribution in [0.5, 0.6) is 0 Å². The van der Waals surface area contributed by atoms with Crippen molar-refractivity contribution in [3.05, 3.63) is 46.8 Å². The highest BCUT2D eigenvalue weighted by molar-refractivity contribution is 6.29. The van der Waals surface area contributed by atoms with Crippen molar-refractivity contribution in [2.75, 3.05) is 18.5 Å². The first-order valence-electron chi connectivity index (χ1n) is 7.63. The zero-order valence-electron chi connectivity index (χ0n) is 12.9. The van der Waals surface area contributed by atoms with Gasteiger partial charge in [-0.25, -0.2) is 4.98 Å². The molecule has 2 N–H and O–H groups in total. The van der Waals surface area contributed by atoms with Gasteiger partial charge < -0.3 is 15.4 Å². The van der Waals surface area contributed by atoms with Crippen molar-refractivity contribution in [1.29, 1.82) is 10.5 Å². The molecule has 1 aromatic heterocycles. The highest BCUT2D eigenvalue weighted by Crippen LogP contribution is 2.40. The van der Waals surface area contributed by atoms with E-state index in [1.54, 1.807) is 24.4 Å². The third-order valence-corrected chi connectivity index (χ3v) is 4.45. The van der Waals surface area contributed by atoms with Gasteiger partial charge in [0.25, 0.3) is 0 Å². The average molecular weight is 342 g/mol. The van der Waals surface area contributed by atoms with Crippen LogP contribution in [0.15, 0.2) is 41.2 Å². The molecule has 3 rings (SSSR count). The van der Waals surface area contributed by atoms with Crippen LogP contribution in [0.25, 0.3) is 0 Å². The molecule has 0 bridgehead atoms. The van der Waals surface area contributed by atoms with Crippen molar-refractivity contribution in [3.8, 4) is 12.1 Å². The summed E-state index contributed by atoms with van der Waals surface area (Å²) in [5.74, 6) is 0.562. The van der Waals surface area contributed by atoms with Crippen LogP contribution >= 0.6 is 11.6 Å². The first-order chi connectivity index (χ1) is 11.6. The average Bonchev–Trinajstić information content (AvgIpc) is 2.62. The number of hydrogen-bond acceptors (Lipinski definition) is 6. The van der Waals surface area contributed by atoms with E-state index in [0.717, 1.165) is 5.57 Å². The summed E-state index contributed by atoms with van der Waals surface area (Å²) in [6, 6.07) is 7.83. The molecule has 1 unspecified atom stereocenters. The van der Waals surface area contributed by atoms with Gasteiger partial charge in [0.2, 0.25) is 0 Å². The van der Waals surface area contributed by atoms with Gasteiger partial charge in [0, 0.05) is 19.4 Å². The molecule has 2 aliphatic rings. The Kier molecular flexibility index (Phi) is 4.71. The predicted octanol–water partition coefficient (Wildman–Crippen LogP) is 2.62. The van der Waals surface area contributed by atoms with E-state index in [1.165, 1.54) is 0 Å². The molecule has 0 aromatic carbocycles. The summed E-state index contributed by atoms with van der Waals surface area (Å²) in [5, 5.41) is 25.4. The van der Waals surface area contributed by atoms with Crippen LogP contribution < -0.4 is 10.6 Å². The van der Waals surface area contributed by atoms with Crippen LogP contribution in [0, 0.1) is 28.1 Å². The Morgan fingerprint density at radius 3 is 2.88 bits per heavy atom. The quantitative estimate of drug-likeness (QED) is 0.821. The Morgan fingerprint density at radius 1 is 1.38 bits per heavy atom. The van der Waals surface area contributed by atoms with Gasteiger partial charge in [-0.05, 0) is 42.7 Å². The molecule has 0 amide bonds. The summed E-state index contributed by atoms with van der Waals surface area (Å²) < 4.78 is 5.39. The van der Waals surface area contributed by atoms with Crippen LogP contribution in [0.4, 0.5) is 5.82 Å². The molecule has 6 nitrogen and oxygen atoms in total. The topological polar surface area (TPSA) is 93.8 Å². The summed E-state index contributed by atoms with van der Waals surface area (Å²) in [4.78, 5) is 4.20. The van der Waals surface area contributed by atoms with E-state index in [0.29, 0.717) is 42.6 Å². The number of anilines is 1. The first kappa shape index (κ1) is 16.3. The molecule has 0 spiro atoms. The lowest BCUT2D eigenvalue weighted by atomic mass is 9.74. The minimum atomic E-state index is -0.581. The number of nitriles is 2. The zero-order valence-corrected chi connectivity index (χ0v) is 13.7. The van der Waals surface area contributed by atoms with Crippen LogP contribution in [-0.2, 0) is 4.74 Å². The van der Waals surface area contributed by atoms with Gasteiger partial charge in [-0.1, -0.05) is 11.6 Å². The highest BCUT2D eigenvalue weighted by atomic mass is 35.5. The van der Waals surface area contributed by atoms with Crippen molar-refractivity contribution >= 4 is 17.4 Å². The SMILES string of the molecule is N#Cc1ccnc(NC2C=C(C3(C#N)CCOCC3)C=C(Cl)N2)c1. The standard InChI is InChI=1S/C17H16ClN5O/c18-14-8-13(17(11-20)2-5-24-6-3-17)9-16(22-14)23-15-7-12(10-19)1-4-21-15/h1,4,7-9,16,22H,2-3,5-6H2,(H,21,23). The van der Waals surface area contributed by atoms with Gasteiger partial charge in [0.1, 0.15) is 17.1 Å². The molecule has 2 aliphatic heterocycles. The van der Waals surface area contributed by atoms with Crippen molar-refractivity contribution < 1.29 is 4.74 Å². The first-order valence-corrected chi connectivity index (χ1v) is 8.01. The van der Waals surface area contributed by atoms with Gasteiger partial charge in [-0.3, -0.25) is 0 Å². The lowest BCUT2D eigenvalue weighted by molar-refractivity contribution is 0.0549. The number of rotatable bonds is 3. The molecule has 0 radical (unpaired) electrons. The van der Waals surface area contributed by atoms with E-state index in [4.69, 9.17) is 21.6 Å².